The van der Waals surface area contributed by atoms with Crippen LogP contribution in [0.3, 0.4) is 0 Å². The molecule has 2 rings (SSSR count). The average Bonchev–Trinajstić information content (AvgIpc) is 2.43. The molecule has 5 nitrogen and oxygen atoms in total. The molecule has 0 fully saturated rings. The molecule has 0 aromatic heterocycles. The number of carbonyl (C=O) groups is 1. The van der Waals surface area contributed by atoms with Crippen LogP contribution in [0.5, 0.6) is 0 Å². The first-order valence-electron chi connectivity index (χ1n) is 7.27. The van der Waals surface area contributed by atoms with Crippen LogP contribution in [0.1, 0.15) is 37.7 Å². The molecule has 1 aromatic rings. The van der Waals surface area contributed by atoms with Crippen molar-refractivity contribution in [1.29, 1.82) is 0 Å². The van der Waals surface area contributed by atoms with Crippen LogP contribution in [0.2, 0.25) is 0 Å². The number of fused-ring (bicyclic) bond motifs is 1. The maximum Gasteiger partial charge on any atom is 0.224 e. The summed E-state index contributed by atoms with van der Waals surface area (Å²) in [7, 11) is 0. The number of aliphatic hydroxyl groups excluding tert-OH is 1. The quantitative estimate of drug-likeness (QED) is 0.454. The summed E-state index contributed by atoms with van der Waals surface area (Å²) in [6.45, 7) is 1.15. The second-order valence-electron chi connectivity index (χ2n) is 5.21. The van der Waals surface area contributed by atoms with Gasteiger partial charge in [-0.2, -0.15) is 0 Å². The maximum absolute atomic E-state index is 11.3. The molecule has 5 heteroatoms. The van der Waals surface area contributed by atoms with Gasteiger partial charge in [0, 0.05) is 25.3 Å². The van der Waals surface area contributed by atoms with Gasteiger partial charge in [-0.05, 0) is 37.0 Å². The van der Waals surface area contributed by atoms with Gasteiger partial charge in [0.2, 0.25) is 5.91 Å². The fraction of sp³-hybridized carbons (Fsp3) is 0.533. The van der Waals surface area contributed by atoms with Crippen LogP contribution in [0.4, 0.5) is 17.1 Å². The predicted molar refractivity (Wildman–Crippen MR) is 81.8 cm³/mol. The van der Waals surface area contributed by atoms with Crippen molar-refractivity contribution in [1.82, 2.24) is 0 Å². The lowest BCUT2D eigenvalue weighted by Crippen LogP contribution is -2.19. The van der Waals surface area contributed by atoms with Crippen molar-refractivity contribution in [2.75, 3.05) is 29.5 Å². The number of carbonyl (C=O) groups excluding carboxylic acids is 1. The first-order chi connectivity index (χ1) is 9.70. The van der Waals surface area contributed by atoms with Gasteiger partial charge in [-0.1, -0.05) is 12.8 Å². The lowest BCUT2D eigenvalue weighted by molar-refractivity contribution is -0.116. The highest BCUT2D eigenvalue weighted by Gasteiger charge is 2.16. The van der Waals surface area contributed by atoms with Gasteiger partial charge in [-0.3, -0.25) is 4.79 Å². The van der Waals surface area contributed by atoms with Crippen LogP contribution in [-0.2, 0) is 11.2 Å². The molecule has 1 amide bonds. The van der Waals surface area contributed by atoms with E-state index >= 15 is 0 Å². The second kappa shape index (κ2) is 7.14. The highest BCUT2D eigenvalue weighted by molar-refractivity contribution is 5.95. The summed E-state index contributed by atoms with van der Waals surface area (Å²) >= 11 is 0. The number of aryl methyl sites for hydroxylation is 1. The fourth-order valence-electron chi connectivity index (χ4n) is 2.41. The standard InChI is InChI=1S/C15H23N3O2/c16-12-10-13-11(5-6-15(20)18-13)9-14(12)17-7-3-1-2-4-8-19/h9-10,17,19H,1-8,16H2,(H,18,20). The summed E-state index contributed by atoms with van der Waals surface area (Å²) < 4.78 is 0. The zero-order chi connectivity index (χ0) is 14.4. The van der Waals surface area contributed by atoms with E-state index < -0.39 is 0 Å². The molecule has 0 aliphatic carbocycles. The van der Waals surface area contributed by atoms with Gasteiger partial charge in [0.1, 0.15) is 0 Å². The van der Waals surface area contributed by atoms with Crippen molar-refractivity contribution < 1.29 is 9.90 Å². The highest BCUT2D eigenvalue weighted by Crippen LogP contribution is 2.30. The molecule has 1 aromatic carbocycles. The van der Waals surface area contributed by atoms with Crippen molar-refractivity contribution in [3.8, 4) is 0 Å². The lowest BCUT2D eigenvalue weighted by atomic mass is 10.0. The molecular weight excluding hydrogens is 254 g/mol. The van der Waals surface area contributed by atoms with Gasteiger partial charge in [-0.25, -0.2) is 0 Å². The van der Waals surface area contributed by atoms with Gasteiger partial charge in [0.05, 0.1) is 11.4 Å². The van der Waals surface area contributed by atoms with Gasteiger partial charge >= 0.3 is 0 Å². The van der Waals surface area contributed by atoms with Crippen molar-refractivity contribution in [3.05, 3.63) is 17.7 Å². The first-order valence-corrected chi connectivity index (χ1v) is 7.27. The van der Waals surface area contributed by atoms with E-state index in [0.717, 1.165) is 55.6 Å². The number of anilines is 3. The number of hydrogen-bond donors (Lipinski definition) is 4. The molecule has 0 saturated heterocycles. The Labute approximate surface area is 119 Å². The van der Waals surface area contributed by atoms with E-state index in [2.05, 4.69) is 10.6 Å². The number of nitrogen functional groups attached to an aromatic ring is 1. The minimum absolute atomic E-state index is 0.0569. The normalized spacial score (nSPS) is 13.8. The van der Waals surface area contributed by atoms with Gasteiger partial charge in [-0.15, -0.1) is 0 Å². The summed E-state index contributed by atoms with van der Waals surface area (Å²) in [4.78, 5) is 11.3. The predicted octanol–water partition coefficient (Wildman–Crippen LogP) is 2.12. The molecular formula is C15H23N3O2. The van der Waals surface area contributed by atoms with E-state index in [-0.39, 0.29) is 12.5 Å². The van der Waals surface area contributed by atoms with E-state index in [4.69, 9.17) is 10.8 Å². The van der Waals surface area contributed by atoms with E-state index in [1.807, 2.05) is 12.1 Å². The molecule has 110 valence electrons. The van der Waals surface area contributed by atoms with Crippen LogP contribution in [0.15, 0.2) is 12.1 Å². The Hall–Kier alpha value is -1.75. The Kier molecular flexibility index (Phi) is 5.24. The molecule has 1 aliphatic rings. The SMILES string of the molecule is Nc1cc2c(cc1NCCCCCCO)CCC(=O)N2. The Morgan fingerprint density at radius 3 is 2.80 bits per heavy atom. The summed E-state index contributed by atoms with van der Waals surface area (Å²) in [6, 6.07) is 3.87. The fourth-order valence-corrected chi connectivity index (χ4v) is 2.41. The third-order valence-corrected chi connectivity index (χ3v) is 3.57. The maximum atomic E-state index is 11.3. The minimum atomic E-state index is 0.0569. The zero-order valence-electron chi connectivity index (χ0n) is 11.7. The summed E-state index contributed by atoms with van der Waals surface area (Å²) in [5.74, 6) is 0.0569. The van der Waals surface area contributed by atoms with Gasteiger partial charge < -0.3 is 21.5 Å². The number of nitrogens with one attached hydrogen (secondary N) is 2. The molecule has 5 N–H and O–H groups in total. The molecule has 0 atom stereocenters. The molecule has 20 heavy (non-hydrogen) atoms. The third-order valence-electron chi connectivity index (χ3n) is 3.57. The molecule has 0 saturated carbocycles. The van der Waals surface area contributed by atoms with Crippen LogP contribution in [0.25, 0.3) is 0 Å². The Morgan fingerprint density at radius 2 is 2.00 bits per heavy atom. The highest BCUT2D eigenvalue weighted by atomic mass is 16.2. The molecule has 1 aliphatic heterocycles. The number of aliphatic hydroxyl groups is 1. The molecule has 1 heterocycles. The number of amides is 1. The number of rotatable bonds is 7. The van der Waals surface area contributed by atoms with Crippen LogP contribution < -0.4 is 16.4 Å². The Balaban J connectivity index is 1.87. The minimum Gasteiger partial charge on any atom is -0.397 e. The van der Waals surface area contributed by atoms with E-state index in [1.165, 1.54) is 0 Å². The largest absolute Gasteiger partial charge is 0.397 e. The zero-order valence-corrected chi connectivity index (χ0v) is 11.7. The number of nitrogens with two attached hydrogens (primary N) is 1. The average molecular weight is 277 g/mol. The smallest absolute Gasteiger partial charge is 0.224 e. The summed E-state index contributed by atoms with van der Waals surface area (Å²) in [5.41, 5.74) is 9.60. The second-order valence-corrected chi connectivity index (χ2v) is 5.21. The van der Waals surface area contributed by atoms with Gasteiger partial charge in [0.15, 0.2) is 0 Å². The van der Waals surface area contributed by atoms with E-state index in [9.17, 15) is 4.79 Å². The van der Waals surface area contributed by atoms with Crippen molar-refractivity contribution in [3.63, 3.8) is 0 Å². The van der Waals surface area contributed by atoms with Crippen LogP contribution >= 0.6 is 0 Å². The number of unbranched alkanes of at least 4 members (excludes halogenated alkanes) is 3. The van der Waals surface area contributed by atoms with Crippen molar-refractivity contribution in [2.45, 2.75) is 38.5 Å². The topological polar surface area (TPSA) is 87.4 Å². The monoisotopic (exact) mass is 277 g/mol. The van der Waals surface area contributed by atoms with Crippen LogP contribution in [0, 0.1) is 0 Å². The van der Waals surface area contributed by atoms with E-state index in [1.54, 1.807) is 0 Å². The Bertz CT molecular complexity index is 474. The molecule has 0 bridgehead atoms. The molecule has 0 radical (unpaired) electrons. The van der Waals surface area contributed by atoms with Crippen LogP contribution in [-0.4, -0.2) is 24.2 Å². The number of hydrogen-bond acceptors (Lipinski definition) is 4. The molecule has 0 spiro atoms. The number of benzene rings is 1. The summed E-state index contributed by atoms with van der Waals surface area (Å²) in [6.07, 6.45) is 5.41. The van der Waals surface area contributed by atoms with Crippen molar-refractivity contribution >= 4 is 23.0 Å². The van der Waals surface area contributed by atoms with E-state index in [0.29, 0.717) is 12.1 Å². The third kappa shape index (κ3) is 3.87. The lowest BCUT2D eigenvalue weighted by Gasteiger charge is -2.19. The van der Waals surface area contributed by atoms with Crippen molar-refractivity contribution in [2.24, 2.45) is 0 Å². The summed E-state index contributed by atoms with van der Waals surface area (Å²) in [5, 5.41) is 14.9. The first kappa shape index (κ1) is 14.7. The molecule has 0 unspecified atom stereocenters. The van der Waals surface area contributed by atoms with Gasteiger partial charge in [0.25, 0.3) is 0 Å². The Morgan fingerprint density at radius 1 is 1.20 bits per heavy atom.